The number of H-pyrrole nitrogens is 1. The minimum absolute atomic E-state index is 0.100. The average Bonchev–Trinajstić information content (AvgIpc) is 3.14. The van der Waals surface area contributed by atoms with Crippen molar-refractivity contribution in [2.75, 3.05) is 31.6 Å². The summed E-state index contributed by atoms with van der Waals surface area (Å²) in [6.07, 6.45) is 3.87. The van der Waals surface area contributed by atoms with Crippen LogP contribution in [0.5, 0.6) is 0 Å². The average molecular weight is 344 g/mol. The summed E-state index contributed by atoms with van der Waals surface area (Å²) in [4.78, 5) is 17.8. The number of nitrogens with zero attached hydrogens (tertiary/aromatic N) is 1. The van der Waals surface area contributed by atoms with E-state index in [1.165, 1.54) is 5.56 Å². The molecule has 6 heteroatoms. The molecule has 0 bridgehead atoms. The summed E-state index contributed by atoms with van der Waals surface area (Å²) in [5.41, 5.74) is 4.39. The van der Waals surface area contributed by atoms with E-state index < -0.39 is 0 Å². The van der Waals surface area contributed by atoms with Gasteiger partial charge in [0.2, 0.25) is 0 Å². The fourth-order valence-electron chi connectivity index (χ4n) is 3.11. The smallest absolute Gasteiger partial charge is 0.256 e. The first-order valence-electron chi connectivity index (χ1n) is 7.99. The second kappa shape index (κ2) is 6.43. The van der Waals surface area contributed by atoms with Crippen LogP contribution in [-0.4, -0.2) is 42.1 Å². The predicted molar refractivity (Wildman–Crippen MR) is 94.8 cm³/mol. The molecule has 2 N–H and O–H groups in total. The summed E-state index contributed by atoms with van der Waals surface area (Å²) in [7, 11) is 0. The minimum atomic E-state index is -0.100. The van der Waals surface area contributed by atoms with Gasteiger partial charge in [0, 0.05) is 47.8 Å². The standard InChI is InChI=1S/C18H18ClN3O2/c19-13-1-2-17-15(8-13)16(18(23)21-17)9-14-7-12(10-20-14)11-22-3-5-24-6-4-22/h1-2,7-10,20H,3-6,11H2,(H,21,23). The van der Waals surface area contributed by atoms with Crippen molar-refractivity contribution in [2.24, 2.45) is 0 Å². The van der Waals surface area contributed by atoms with Gasteiger partial charge in [0.05, 0.1) is 18.8 Å². The molecule has 0 unspecified atom stereocenters. The third kappa shape index (κ3) is 3.11. The number of rotatable bonds is 3. The van der Waals surface area contributed by atoms with Crippen molar-refractivity contribution in [1.29, 1.82) is 0 Å². The molecule has 1 fully saturated rings. The maximum atomic E-state index is 12.2. The lowest BCUT2D eigenvalue weighted by atomic mass is 10.1. The van der Waals surface area contributed by atoms with E-state index in [9.17, 15) is 4.79 Å². The quantitative estimate of drug-likeness (QED) is 0.842. The number of benzene rings is 1. The molecule has 5 nitrogen and oxygen atoms in total. The van der Waals surface area contributed by atoms with Crippen LogP contribution >= 0.6 is 11.6 Å². The topological polar surface area (TPSA) is 57.4 Å². The number of ether oxygens (including phenoxy) is 1. The number of aromatic amines is 1. The fraction of sp³-hybridized carbons (Fsp3) is 0.278. The molecule has 4 rings (SSSR count). The van der Waals surface area contributed by atoms with Crippen LogP contribution in [0.15, 0.2) is 30.5 Å². The van der Waals surface area contributed by atoms with Gasteiger partial charge >= 0.3 is 0 Å². The second-order valence-corrected chi connectivity index (χ2v) is 6.49. The van der Waals surface area contributed by atoms with Crippen LogP contribution in [0, 0.1) is 0 Å². The Hall–Kier alpha value is -2.08. The number of hydrogen-bond acceptors (Lipinski definition) is 3. The van der Waals surface area contributed by atoms with E-state index >= 15 is 0 Å². The zero-order valence-electron chi connectivity index (χ0n) is 13.1. The van der Waals surface area contributed by atoms with E-state index in [-0.39, 0.29) is 5.91 Å². The van der Waals surface area contributed by atoms with Crippen LogP contribution < -0.4 is 5.32 Å². The van der Waals surface area contributed by atoms with Gasteiger partial charge in [-0.15, -0.1) is 0 Å². The summed E-state index contributed by atoms with van der Waals surface area (Å²) in [6, 6.07) is 7.50. The number of carbonyl (C=O) groups is 1. The number of anilines is 1. The van der Waals surface area contributed by atoms with Crippen molar-refractivity contribution in [3.8, 4) is 0 Å². The zero-order valence-corrected chi connectivity index (χ0v) is 13.9. The summed E-state index contributed by atoms with van der Waals surface area (Å²) < 4.78 is 5.37. The maximum absolute atomic E-state index is 12.2. The largest absolute Gasteiger partial charge is 0.379 e. The predicted octanol–water partition coefficient (Wildman–Crippen LogP) is 2.99. The van der Waals surface area contributed by atoms with Crippen LogP contribution in [-0.2, 0) is 16.1 Å². The highest BCUT2D eigenvalue weighted by atomic mass is 35.5. The Bertz CT molecular complexity index is 806. The number of carbonyl (C=O) groups excluding carboxylic acids is 1. The fourth-order valence-corrected chi connectivity index (χ4v) is 3.28. The SMILES string of the molecule is O=C1Nc2ccc(Cl)cc2C1=Cc1cc(CN2CCOCC2)c[nH]1. The van der Waals surface area contributed by atoms with Crippen molar-refractivity contribution in [3.05, 3.63) is 52.3 Å². The van der Waals surface area contributed by atoms with Crippen molar-refractivity contribution < 1.29 is 9.53 Å². The monoisotopic (exact) mass is 343 g/mol. The van der Waals surface area contributed by atoms with E-state index in [0.29, 0.717) is 10.6 Å². The lowest BCUT2D eigenvalue weighted by molar-refractivity contribution is -0.110. The molecule has 0 radical (unpaired) electrons. The highest BCUT2D eigenvalue weighted by Crippen LogP contribution is 2.34. The van der Waals surface area contributed by atoms with Crippen LogP contribution in [0.2, 0.25) is 5.02 Å². The first-order chi connectivity index (χ1) is 11.7. The lowest BCUT2D eigenvalue weighted by Crippen LogP contribution is -2.35. The first-order valence-corrected chi connectivity index (χ1v) is 8.37. The van der Waals surface area contributed by atoms with Crippen molar-refractivity contribution in [2.45, 2.75) is 6.54 Å². The molecule has 124 valence electrons. The third-order valence-electron chi connectivity index (χ3n) is 4.34. The highest BCUT2D eigenvalue weighted by molar-refractivity contribution is 6.36. The number of hydrogen-bond donors (Lipinski definition) is 2. The van der Waals surface area contributed by atoms with Gasteiger partial charge in [-0.25, -0.2) is 0 Å². The first kappa shape index (κ1) is 15.4. The molecular formula is C18H18ClN3O2. The zero-order chi connectivity index (χ0) is 16.5. The Morgan fingerprint density at radius 1 is 1.25 bits per heavy atom. The van der Waals surface area contributed by atoms with Crippen molar-refractivity contribution >= 4 is 34.8 Å². The number of amides is 1. The number of halogens is 1. The number of aromatic nitrogens is 1. The van der Waals surface area contributed by atoms with E-state index in [0.717, 1.165) is 49.8 Å². The molecule has 0 aliphatic carbocycles. The molecule has 1 aromatic carbocycles. The van der Waals surface area contributed by atoms with E-state index in [2.05, 4.69) is 21.3 Å². The van der Waals surface area contributed by atoms with E-state index in [4.69, 9.17) is 16.3 Å². The molecule has 2 aliphatic heterocycles. The summed E-state index contributed by atoms with van der Waals surface area (Å²) in [5.74, 6) is -0.100. The van der Waals surface area contributed by atoms with Gasteiger partial charge in [0.25, 0.3) is 5.91 Å². The summed E-state index contributed by atoms with van der Waals surface area (Å²) in [5, 5.41) is 3.49. The molecule has 2 aromatic rings. The Morgan fingerprint density at radius 3 is 2.92 bits per heavy atom. The van der Waals surface area contributed by atoms with Crippen molar-refractivity contribution in [1.82, 2.24) is 9.88 Å². The van der Waals surface area contributed by atoms with E-state index in [1.54, 1.807) is 6.07 Å². The molecule has 24 heavy (non-hydrogen) atoms. The van der Waals surface area contributed by atoms with Gasteiger partial charge in [0.15, 0.2) is 0 Å². The van der Waals surface area contributed by atoms with Gasteiger partial charge in [-0.3, -0.25) is 9.69 Å². The lowest BCUT2D eigenvalue weighted by Gasteiger charge is -2.25. The Labute approximate surface area is 145 Å². The van der Waals surface area contributed by atoms with Gasteiger partial charge < -0.3 is 15.0 Å². The summed E-state index contributed by atoms with van der Waals surface area (Å²) in [6.45, 7) is 4.38. The number of morpholine rings is 1. The third-order valence-corrected chi connectivity index (χ3v) is 4.57. The van der Waals surface area contributed by atoms with Crippen LogP contribution in [0.25, 0.3) is 11.6 Å². The number of fused-ring (bicyclic) bond motifs is 1. The van der Waals surface area contributed by atoms with Crippen LogP contribution in [0.1, 0.15) is 16.8 Å². The minimum Gasteiger partial charge on any atom is -0.379 e. The van der Waals surface area contributed by atoms with Crippen LogP contribution in [0.4, 0.5) is 5.69 Å². The highest BCUT2D eigenvalue weighted by Gasteiger charge is 2.24. The molecule has 0 saturated carbocycles. The van der Waals surface area contributed by atoms with Gasteiger partial charge in [0.1, 0.15) is 0 Å². The normalized spacial score (nSPS) is 19.5. The molecule has 1 amide bonds. The molecule has 2 aliphatic rings. The van der Waals surface area contributed by atoms with Gasteiger partial charge in [-0.2, -0.15) is 0 Å². The van der Waals surface area contributed by atoms with Crippen molar-refractivity contribution in [3.63, 3.8) is 0 Å². The maximum Gasteiger partial charge on any atom is 0.256 e. The molecule has 0 atom stereocenters. The molecule has 3 heterocycles. The molecule has 1 saturated heterocycles. The Balaban J connectivity index is 1.56. The number of nitrogens with one attached hydrogen (secondary N) is 2. The second-order valence-electron chi connectivity index (χ2n) is 6.05. The molecular weight excluding hydrogens is 326 g/mol. The molecule has 1 aromatic heterocycles. The summed E-state index contributed by atoms with van der Waals surface area (Å²) >= 11 is 6.06. The van der Waals surface area contributed by atoms with E-state index in [1.807, 2.05) is 24.4 Å². The Kier molecular flexibility index (Phi) is 4.14. The van der Waals surface area contributed by atoms with Gasteiger partial charge in [-0.1, -0.05) is 11.6 Å². The molecule has 0 spiro atoms. The Morgan fingerprint density at radius 2 is 2.08 bits per heavy atom. The van der Waals surface area contributed by atoms with Crippen LogP contribution in [0.3, 0.4) is 0 Å². The van der Waals surface area contributed by atoms with Gasteiger partial charge in [-0.05, 0) is 35.9 Å².